The molecule has 2 aromatic rings. The molecule has 0 heterocycles. The van der Waals surface area contributed by atoms with Gasteiger partial charge in [-0.1, -0.05) is 35.9 Å². The molecule has 0 unspecified atom stereocenters. The highest BCUT2D eigenvalue weighted by molar-refractivity contribution is 6.30. The van der Waals surface area contributed by atoms with E-state index in [1.807, 2.05) is 24.3 Å². The van der Waals surface area contributed by atoms with Gasteiger partial charge in [0.15, 0.2) is 6.61 Å². The Morgan fingerprint density at radius 3 is 2.33 bits per heavy atom. The second-order valence-corrected chi connectivity index (χ2v) is 7.03. The Hall–Kier alpha value is -2.79. The van der Waals surface area contributed by atoms with Crippen LogP contribution in [0.3, 0.4) is 0 Å². The van der Waals surface area contributed by atoms with Crippen LogP contribution in [-0.4, -0.2) is 18.4 Å². The molecule has 1 aliphatic carbocycles. The molecule has 0 aromatic heterocycles. The maximum absolute atomic E-state index is 12.4. The number of hydrogen-bond acceptors (Lipinski definition) is 3. The Bertz CT molecular complexity index is 841. The van der Waals surface area contributed by atoms with Gasteiger partial charge in [-0.25, -0.2) is 0 Å². The average molecular weight is 385 g/mol. The van der Waals surface area contributed by atoms with Crippen molar-refractivity contribution in [2.75, 3.05) is 6.61 Å². The van der Waals surface area contributed by atoms with Gasteiger partial charge >= 0.3 is 0 Å². The number of amides is 2. The van der Waals surface area contributed by atoms with Crippen molar-refractivity contribution in [1.29, 1.82) is 0 Å². The van der Waals surface area contributed by atoms with Crippen molar-refractivity contribution in [2.24, 2.45) is 5.73 Å². The Balaban J connectivity index is 1.61. The molecule has 0 saturated heterocycles. The van der Waals surface area contributed by atoms with Gasteiger partial charge in [-0.05, 0) is 60.7 Å². The standard InChI is InChI=1S/C21H21ClN2O3/c22-17-7-5-16(6-8-17)21(12-1-13-21)24-20(26)11-4-15-2-9-18(10-3-15)27-14-19(23)25/h2-11H,1,12-14H2,(H2,23,25)(H,24,26). The van der Waals surface area contributed by atoms with Crippen molar-refractivity contribution in [2.45, 2.75) is 24.8 Å². The lowest BCUT2D eigenvalue weighted by Gasteiger charge is -2.43. The van der Waals surface area contributed by atoms with Crippen LogP contribution in [0.15, 0.2) is 54.6 Å². The van der Waals surface area contributed by atoms with Gasteiger partial charge in [0.1, 0.15) is 5.75 Å². The predicted molar refractivity (Wildman–Crippen MR) is 105 cm³/mol. The van der Waals surface area contributed by atoms with E-state index in [1.54, 1.807) is 30.3 Å². The first-order valence-corrected chi connectivity index (χ1v) is 9.12. The van der Waals surface area contributed by atoms with Gasteiger partial charge in [0.05, 0.1) is 5.54 Å². The lowest BCUT2D eigenvalue weighted by molar-refractivity contribution is -0.120. The fraction of sp³-hybridized carbons (Fsp3) is 0.238. The van der Waals surface area contributed by atoms with Crippen LogP contribution in [0.5, 0.6) is 5.75 Å². The topological polar surface area (TPSA) is 81.4 Å². The number of halogens is 1. The summed E-state index contributed by atoms with van der Waals surface area (Å²) in [5.41, 5.74) is 6.67. The van der Waals surface area contributed by atoms with E-state index in [9.17, 15) is 9.59 Å². The number of nitrogens with one attached hydrogen (secondary N) is 1. The predicted octanol–water partition coefficient (Wildman–Crippen LogP) is 3.41. The minimum absolute atomic E-state index is 0.140. The highest BCUT2D eigenvalue weighted by atomic mass is 35.5. The van der Waals surface area contributed by atoms with Crippen molar-refractivity contribution in [3.05, 3.63) is 70.8 Å². The van der Waals surface area contributed by atoms with Gasteiger partial charge in [-0.15, -0.1) is 0 Å². The summed E-state index contributed by atoms with van der Waals surface area (Å²) in [6.45, 7) is -0.162. The van der Waals surface area contributed by atoms with E-state index in [0.717, 1.165) is 30.4 Å². The Morgan fingerprint density at radius 2 is 1.78 bits per heavy atom. The van der Waals surface area contributed by atoms with Crippen molar-refractivity contribution >= 4 is 29.5 Å². The molecule has 0 bridgehead atoms. The first kappa shape index (κ1) is 19.0. The molecular weight excluding hydrogens is 364 g/mol. The molecule has 140 valence electrons. The van der Waals surface area contributed by atoms with Crippen LogP contribution in [0.25, 0.3) is 6.08 Å². The maximum Gasteiger partial charge on any atom is 0.255 e. The molecule has 1 fully saturated rings. The van der Waals surface area contributed by atoms with E-state index in [0.29, 0.717) is 10.8 Å². The second-order valence-electron chi connectivity index (χ2n) is 6.59. The summed E-state index contributed by atoms with van der Waals surface area (Å²) in [4.78, 5) is 23.1. The third-order valence-corrected chi connectivity index (χ3v) is 4.91. The van der Waals surface area contributed by atoms with Gasteiger partial charge in [0.2, 0.25) is 5.91 Å². The summed E-state index contributed by atoms with van der Waals surface area (Å²) in [5, 5.41) is 3.82. The highest BCUT2D eigenvalue weighted by Gasteiger charge is 2.39. The molecule has 1 saturated carbocycles. The van der Waals surface area contributed by atoms with E-state index >= 15 is 0 Å². The number of carbonyl (C=O) groups is 2. The van der Waals surface area contributed by atoms with E-state index in [4.69, 9.17) is 22.1 Å². The van der Waals surface area contributed by atoms with Crippen molar-refractivity contribution in [3.63, 3.8) is 0 Å². The molecule has 2 amide bonds. The number of benzene rings is 2. The van der Waals surface area contributed by atoms with E-state index in [2.05, 4.69) is 5.32 Å². The molecule has 0 spiro atoms. The third-order valence-electron chi connectivity index (χ3n) is 4.65. The van der Waals surface area contributed by atoms with Gasteiger partial charge in [-0.3, -0.25) is 9.59 Å². The van der Waals surface area contributed by atoms with Crippen LogP contribution in [0.1, 0.15) is 30.4 Å². The SMILES string of the molecule is NC(=O)COc1ccc(C=CC(=O)NC2(c3ccc(Cl)cc3)CCC2)cc1. The molecule has 27 heavy (non-hydrogen) atoms. The number of hydrogen-bond donors (Lipinski definition) is 2. The number of ether oxygens (including phenoxy) is 1. The molecule has 0 atom stereocenters. The molecule has 1 aliphatic rings. The van der Waals surface area contributed by atoms with Gasteiger partial charge < -0.3 is 15.8 Å². The van der Waals surface area contributed by atoms with Crippen LogP contribution >= 0.6 is 11.6 Å². The monoisotopic (exact) mass is 384 g/mol. The van der Waals surface area contributed by atoms with Gasteiger partial charge in [0, 0.05) is 11.1 Å². The number of rotatable bonds is 7. The number of carbonyl (C=O) groups excluding carboxylic acids is 2. The zero-order chi connectivity index (χ0) is 19.3. The lowest BCUT2D eigenvalue weighted by atomic mass is 9.72. The Labute approximate surface area is 163 Å². The first-order chi connectivity index (χ1) is 13.0. The normalized spacial score (nSPS) is 15.1. The van der Waals surface area contributed by atoms with Crippen molar-refractivity contribution < 1.29 is 14.3 Å². The van der Waals surface area contributed by atoms with E-state index < -0.39 is 5.91 Å². The number of nitrogens with two attached hydrogens (primary N) is 1. The van der Waals surface area contributed by atoms with Crippen molar-refractivity contribution in [1.82, 2.24) is 5.32 Å². The minimum Gasteiger partial charge on any atom is -0.484 e. The summed E-state index contributed by atoms with van der Waals surface area (Å²) >= 11 is 5.96. The first-order valence-electron chi connectivity index (χ1n) is 8.74. The fourth-order valence-corrected chi connectivity index (χ4v) is 3.19. The van der Waals surface area contributed by atoms with Crippen LogP contribution in [0, 0.1) is 0 Å². The molecule has 3 rings (SSSR count). The summed E-state index contributed by atoms with van der Waals surface area (Å²) in [5.74, 6) is -0.119. The zero-order valence-corrected chi connectivity index (χ0v) is 15.5. The van der Waals surface area contributed by atoms with Gasteiger partial charge in [-0.2, -0.15) is 0 Å². The molecule has 0 aliphatic heterocycles. The van der Waals surface area contributed by atoms with Crippen LogP contribution in [0.4, 0.5) is 0 Å². The highest BCUT2D eigenvalue weighted by Crippen LogP contribution is 2.41. The van der Waals surface area contributed by atoms with Crippen LogP contribution in [0.2, 0.25) is 5.02 Å². The fourth-order valence-electron chi connectivity index (χ4n) is 3.06. The van der Waals surface area contributed by atoms with Gasteiger partial charge in [0.25, 0.3) is 5.91 Å². The summed E-state index contributed by atoms with van der Waals surface area (Å²) in [6.07, 6.45) is 6.18. The summed E-state index contributed by atoms with van der Waals surface area (Å²) in [7, 11) is 0. The van der Waals surface area contributed by atoms with Crippen molar-refractivity contribution in [3.8, 4) is 5.75 Å². The van der Waals surface area contributed by atoms with E-state index in [1.165, 1.54) is 6.08 Å². The summed E-state index contributed by atoms with van der Waals surface area (Å²) < 4.78 is 5.21. The largest absolute Gasteiger partial charge is 0.484 e. The molecule has 0 radical (unpaired) electrons. The molecular formula is C21H21ClN2O3. The minimum atomic E-state index is -0.527. The number of primary amides is 1. The molecule has 2 aromatic carbocycles. The van der Waals surface area contributed by atoms with E-state index in [-0.39, 0.29) is 18.1 Å². The quantitative estimate of drug-likeness (QED) is 0.718. The van der Waals surface area contributed by atoms with Crippen LogP contribution in [-0.2, 0) is 15.1 Å². The summed E-state index contributed by atoms with van der Waals surface area (Å²) in [6, 6.07) is 14.7. The smallest absolute Gasteiger partial charge is 0.255 e. The molecule has 6 heteroatoms. The maximum atomic E-state index is 12.4. The lowest BCUT2D eigenvalue weighted by Crippen LogP contribution is -2.50. The van der Waals surface area contributed by atoms with Crippen LogP contribution < -0.4 is 15.8 Å². The Morgan fingerprint density at radius 1 is 1.11 bits per heavy atom. The zero-order valence-electron chi connectivity index (χ0n) is 14.8. The molecule has 5 nitrogen and oxygen atoms in total. The average Bonchev–Trinajstić information content (AvgIpc) is 2.63. The Kier molecular flexibility index (Phi) is 5.81. The molecule has 3 N–H and O–H groups in total. The second kappa shape index (κ2) is 8.27. The third kappa shape index (κ3) is 4.89.